The molecule has 1 heterocycles. The van der Waals surface area contributed by atoms with Gasteiger partial charge in [0.15, 0.2) is 0 Å². The van der Waals surface area contributed by atoms with Crippen LogP contribution in [0.2, 0.25) is 0 Å². The highest BCUT2D eigenvalue weighted by molar-refractivity contribution is 7.99. The number of carbonyl (C=O) groups excluding carboxylic acids is 1. The second-order valence-electron chi connectivity index (χ2n) is 7.15. The first kappa shape index (κ1) is 20.6. The number of tetrazole rings is 1. The first-order valence-corrected chi connectivity index (χ1v) is 9.99. The van der Waals surface area contributed by atoms with Gasteiger partial charge >= 0.3 is 6.18 Å². The highest BCUT2D eigenvalue weighted by atomic mass is 32.2. The number of aryl methyl sites for hydroxylation is 2. The number of hydrogen-bond donors (Lipinski definition) is 0. The minimum absolute atomic E-state index is 0.150. The van der Waals surface area contributed by atoms with Crippen LogP contribution in [-0.4, -0.2) is 55.5 Å². The molecule has 0 aliphatic heterocycles. The predicted molar refractivity (Wildman–Crippen MR) is 99.3 cm³/mol. The number of amides is 1. The maximum absolute atomic E-state index is 12.9. The van der Waals surface area contributed by atoms with Crippen molar-refractivity contribution >= 4 is 17.7 Å². The summed E-state index contributed by atoms with van der Waals surface area (Å²) in [7, 11) is 0. The normalized spacial score (nSPS) is 15.5. The summed E-state index contributed by atoms with van der Waals surface area (Å²) in [4.78, 5) is 13.5. The molecule has 3 rings (SSSR count). The molecule has 1 amide bonds. The molecule has 0 radical (unpaired) electrons. The Bertz CT molecular complexity index is 850. The van der Waals surface area contributed by atoms with Crippen molar-refractivity contribution in [1.29, 1.82) is 0 Å². The second kappa shape index (κ2) is 8.10. The average molecular weight is 413 g/mol. The van der Waals surface area contributed by atoms with Crippen molar-refractivity contribution in [3.05, 3.63) is 29.3 Å². The van der Waals surface area contributed by atoms with Gasteiger partial charge in [0, 0.05) is 6.04 Å². The quantitative estimate of drug-likeness (QED) is 0.650. The van der Waals surface area contributed by atoms with E-state index in [-0.39, 0.29) is 11.7 Å². The van der Waals surface area contributed by atoms with E-state index in [1.165, 1.54) is 4.68 Å². The van der Waals surface area contributed by atoms with Crippen LogP contribution >= 0.6 is 11.8 Å². The van der Waals surface area contributed by atoms with Crippen molar-refractivity contribution in [2.75, 3.05) is 12.3 Å². The standard InChI is InChI=1S/C18H22F3N5OS/c1-11-4-7-15(8-12(11)2)26-17(22-23-24-26)28-9-16(27)25(10-18(19,20)21)13(3)14-5-6-14/h4,7-8,13-14H,5-6,9-10H2,1-3H3/t13-/m0/s1. The Balaban J connectivity index is 1.71. The summed E-state index contributed by atoms with van der Waals surface area (Å²) in [6.45, 7) is 4.41. The molecule has 0 saturated heterocycles. The fraction of sp³-hybridized carbons (Fsp3) is 0.556. The van der Waals surface area contributed by atoms with Crippen molar-refractivity contribution in [3.8, 4) is 5.69 Å². The summed E-state index contributed by atoms with van der Waals surface area (Å²) >= 11 is 1.04. The number of aromatic nitrogens is 4. The van der Waals surface area contributed by atoms with E-state index in [4.69, 9.17) is 0 Å². The average Bonchev–Trinajstić information content (AvgIpc) is 3.37. The van der Waals surface area contributed by atoms with Crippen molar-refractivity contribution in [1.82, 2.24) is 25.1 Å². The molecule has 6 nitrogen and oxygen atoms in total. The van der Waals surface area contributed by atoms with E-state index >= 15 is 0 Å². The van der Waals surface area contributed by atoms with Crippen molar-refractivity contribution in [2.24, 2.45) is 5.92 Å². The zero-order valence-electron chi connectivity index (χ0n) is 15.9. The van der Waals surface area contributed by atoms with E-state index in [9.17, 15) is 18.0 Å². The molecular weight excluding hydrogens is 391 g/mol. The van der Waals surface area contributed by atoms with Crippen LogP contribution in [0.15, 0.2) is 23.4 Å². The summed E-state index contributed by atoms with van der Waals surface area (Å²) in [5.41, 5.74) is 2.93. The van der Waals surface area contributed by atoms with E-state index in [2.05, 4.69) is 15.5 Å². The van der Waals surface area contributed by atoms with Crippen LogP contribution in [0.3, 0.4) is 0 Å². The van der Waals surface area contributed by atoms with Crippen molar-refractivity contribution < 1.29 is 18.0 Å². The van der Waals surface area contributed by atoms with Gasteiger partial charge in [0.05, 0.1) is 11.4 Å². The minimum atomic E-state index is -4.43. The summed E-state index contributed by atoms with van der Waals surface area (Å²) in [6.07, 6.45) is -2.70. The maximum Gasteiger partial charge on any atom is 0.406 e. The molecule has 152 valence electrons. The topological polar surface area (TPSA) is 63.9 Å². The molecule has 1 aromatic heterocycles. The first-order chi connectivity index (χ1) is 13.2. The lowest BCUT2D eigenvalue weighted by molar-refractivity contribution is -0.164. The first-order valence-electron chi connectivity index (χ1n) is 9.01. The lowest BCUT2D eigenvalue weighted by Gasteiger charge is -2.30. The summed E-state index contributed by atoms with van der Waals surface area (Å²) in [5, 5.41) is 11.9. The number of benzene rings is 1. The van der Waals surface area contributed by atoms with Gasteiger partial charge in [-0.25, -0.2) is 0 Å². The molecule has 10 heteroatoms. The molecule has 1 aromatic carbocycles. The minimum Gasteiger partial charge on any atom is -0.330 e. The van der Waals surface area contributed by atoms with Gasteiger partial charge in [0.25, 0.3) is 0 Å². The SMILES string of the molecule is Cc1ccc(-n2nnnc2SCC(=O)N(CC(F)(F)F)[C@@H](C)C2CC2)cc1C. The number of thioether (sulfide) groups is 1. The molecule has 1 fully saturated rings. The fourth-order valence-electron chi connectivity index (χ4n) is 2.98. The lowest BCUT2D eigenvalue weighted by atomic mass is 10.1. The molecule has 1 saturated carbocycles. The molecule has 0 spiro atoms. The van der Waals surface area contributed by atoms with Crippen LogP contribution in [0.5, 0.6) is 0 Å². The molecule has 0 N–H and O–H groups in total. The van der Waals surface area contributed by atoms with E-state index in [1.807, 2.05) is 32.0 Å². The van der Waals surface area contributed by atoms with Crippen LogP contribution in [0.4, 0.5) is 13.2 Å². The van der Waals surface area contributed by atoms with Gasteiger partial charge in [-0.15, -0.1) is 5.10 Å². The molecule has 1 atom stereocenters. The van der Waals surface area contributed by atoms with E-state index in [1.54, 1.807) is 6.92 Å². The number of rotatable bonds is 7. The molecule has 0 unspecified atom stereocenters. The van der Waals surface area contributed by atoms with Crippen LogP contribution in [0.25, 0.3) is 5.69 Å². The smallest absolute Gasteiger partial charge is 0.330 e. The molecule has 1 aliphatic carbocycles. The third kappa shape index (κ3) is 5.03. The number of nitrogens with zero attached hydrogens (tertiary/aromatic N) is 5. The molecule has 2 aromatic rings. The number of halogens is 3. The largest absolute Gasteiger partial charge is 0.406 e. The molecule has 1 aliphatic rings. The number of hydrogen-bond acceptors (Lipinski definition) is 5. The van der Waals surface area contributed by atoms with Crippen LogP contribution < -0.4 is 0 Å². The summed E-state index contributed by atoms with van der Waals surface area (Å²) < 4.78 is 40.3. The Morgan fingerprint density at radius 1 is 1.32 bits per heavy atom. The Morgan fingerprint density at radius 3 is 2.64 bits per heavy atom. The maximum atomic E-state index is 12.9. The van der Waals surface area contributed by atoms with Gasteiger partial charge in [-0.1, -0.05) is 17.8 Å². The summed E-state index contributed by atoms with van der Waals surface area (Å²) in [5.74, 6) is -0.563. The molecular formula is C18H22F3N5OS. The van der Waals surface area contributed by atoms with E-state index < -0.39 is 24.7 Å². The van der Waals surface area contributed by atoms with E-state index in [0.29, 0.717) is 5.16 Å². The van der Waals surface area contributed by atoms with Gasteiger partial charge in [0.2, 0.25) is 11.1 Å². The van der Waals surface area contributed by atoms with Crippen molar-refractivity contribution in [2.45, 2.75) is 51.0 Å². The van der Waals surface area contributed by atoms with Gasteiger partial charge in [-0.3, -0.25) is 4.79 Å². The van der Waals surface area contributed by atoms with Gasteiger partial charge in [-0.2, -0.15) is 17.9 Å². The monoisotopic (exact) mass is 413 g/mol. The number of alkyl halides is 3. The molecule has 28 heavy (non-hydrogen) atoms. The van der Waals surface area contributed by atoms with Crippen LogP contribution in [0.1, 0.15) is 30.9 Å². The van der Waals surface area contributed by atoms with Crippen LogP contribution in [0, 0.1) is 19.8 Å². The Labute approximate surface area is 165 Å². The zero-order chi connectivity index (χ0) is 20.5. The third-order valence-electron chi connectivity index (χ3n) is 4.97. The lowest BCUT2D eigenvalue weighted by Crippen LogP contribution is -2.46. The second-order valence-corrected chi connectivity index (χ2v) is 8.09. The Hall–Kier alpha value is -2.10. The van der Waals surface area contributed by atoms with Gasteiger partial charge in [0.1, 0.15) is 6.54 Å². The van der Waals surface area contributed by atoms with Gasteiger partial charge < -0.3 is 4.90 Å². The van der Waals surface area contributed by atoms with Gasteiger partial charge in [-0.05, 0) is 73.2 Å². The van der Waals surface area contributed by atoms with Crippen molar-refractivity contribution in [3.63, 3.8) is 0 Å². The zero-order valence-corrected chi connectivity index (χ0v) is 16.7. The predicted octanol–water partition coefficient (Wildman–Crippen LogP) is 3.56. The highest BCUT2D eigenvalue weighted by Gasteiger charge is 2.40. The fourth-order valence-corrected chi connectivity index (χ4v) is 3.76. The molecule has 0 bridgehead atoms. The Kier molecular flexibility index (Phi) is 5.97. The van der Waals surface area contributed by atoms with Crippen LogP contribution in [-0.2, 0) is 4.79 Å². The highest BCUT2D eigenvalue weighted by Crippen LogP contribution is 2.36. The third-order valence-corrected chi connectivity index (χ3v) is 5.87. The summed E-state index contributed by atoms with van der Waals surface area (Å²) in [6, 6.07) is 5.29. The Morgan fingerprint density at radius 2 is 2.04 bits per heavy atom. The van der Waals surface area contributed by atoms with E-state index in [0.717, 1.165) is 46.3 Å². The number of carbonyl (C=O) groups is 1.